The lowest BCUT2D eigenvalue weighted by atomic mass is 10.1. The van der Waals surface area contributed by atoms with Crippen LogP contribution in [0.1, 0.15) is 123 Å². The first-order valence-electron chi connectivity index (χ1n) is 10.6. The largest absolute Gasteiger partial charge is 0.456 e. The molecule has 1 aromatic heterocycles. The molecule has 1 heterocycles. The normalized spacial score (nSPS) is 12.7. The summed E-state index contributed by atoms with van der Waals surface area (Å²) in [5, 5.41) is 0. The maximum absolute atomic E-state index is 13.2. The molecule has 0 spiro atoms. The molecule has 0 aliphatic heterocycles. The average Bonchev–Trinajstić information content (AvgIpc) is 2.89. The summed E-state index contributed by atoms with van der Waals surface area (Å²) in [5.41, 5.74) is -4.38. The van der Waals surface area contributed by atoms with Gasteiger partial charge in [-0.3, -0.25) is 0 Å². The van der Waals surface area contributed by atoms with Crippen LogP contribution < -0.4 is 0 Å². The molecule has 1 rings (SSSR count). The summed E-state index contributed by atoms with van der Waals surface area (Å²) in [7, 11) is 0. The highest BCUT2D eigenvalue weighted by atomic mass is 32.1. The van der Waals surface area contributed by atoms with Gasteiger partial charge in [-0.05, 0) is 83.1 Å². The molecule has 0 aliphatic carbocycles. The predicted octanol–water partition coefficient (Wildman–Crippen LogP) is 5.57. The fourth-order valence-electron chi connectivity index (χ4n) is 2.42. The van der Waals surface area contributed by atoms with E-state index in [1.165, 1.54) is 0 Å². The van der Waals surface area contributed by atoms with Crippen molar-refractivity contribution >= 4 is 35.2 Å². The molecule has 33 heavy (non-hydrogen) atoms. The molecule has 1 aromatic rings. The zero-order chi connectivity index (χ0) is 26.2. The first kappa shape index (κ1) is 28.6. The molecule has 186 valence electrons. The fraction of sp³-hybridized carbons (Fsp3) is 0.667. The van der Waals surface area contributed by atoms with Crippen molar-refractivity contribution in [3.63, 3.8) is 0 Å². The van der Waals surface area contributed by atoms with Gasteiger partial charge in [0.15, 0.2) is 0 Å². The molecule has 0 saturated heterocycles. The molecular weight excluding hydrogens is 448 g/mol. The number of hydrogen-bond acceptors (Lipinski definition) is 9. The van der Waals surface area contributed by atoms with Crippen molar-refractivity contribution in [3.05, 3.63) is 20.9 Å². The highest BCUT2D eigenvalue weighted by Gasteiger charge is 2.40. The van der Waals surface area contributed by atoms with E-state index >= 15 is 0 Å². The lowest BCUT2D eigenvalue weighted by Crippen LogP contribution is -2.30. The van der Waals surface area contributed by atoms with E-state index in [4.69, 9.17) is 18.9 Å². The smallest absolute Gasteiger partial charge is 0.349 e. The Morgan fingerprint density at radius 2 is 0.667 bits per heavy atom. The Morgan fingerprint density at radius 1 is 0.455 bits per heavy atom. The Bertz CT molecular complexity index is 853. The second kappa shape index (κ2) is 9.44. The van der Waals surface area contributed by atoms with Crippen molar-refractivity contribution in [3.8, 4) is 0 Å². The van der Waals surface area contributed by atoms with E-state index in [0.29, 0.717) is 11.3 Å². The third-order valence-electron chi connectivity index (χ3n) is 3.28. The fourth-order valence-corrected chi connectivity index (χ4v) is 3.44. The van der Waals surface area contributed by atoms with E-state index in [2.05, 4.69) is 0 Å². The Balaban J connectivity index is 3.88. The van der Waals surface area contributed by atoms with E-state index in [-0.39, 0.29) is 20.9 Å². The van der Waals surface area contributed by atoms with Crippen molar-refractivity contribution in [1.82, 2.24) is 0 Å². The number of hydrogen-bond donors (Lipinski definition) is 0. The Kier molecular flexibility index (Phi) is 8.19. The number of esters is 4. The van der Waals surface area contributed by atoms with Gasteiger partial charge in [-0.15, -0.1) is 11.3 Å². The molecule has 0 atom stereocenters. The molecule has 0 N–H and O–H groups in total. The van der Waals surface area contributed by atoms with Crippen LogP contribution in [0.2, 0.25) is 0 Å². The second-order valence-corrected chi connectivity index (χ2v) is 12.5. The highest BCUT2D eigenvalue weighted by molar-refractivity contribution is 7.16. The zero-order valence-electron chi connectivity index (χ0n) is 21.7. The van der Waals surface area contributed by atoms with E-state index in [9.17, 15) is 19.2 Å². The van der Waals surface area contributed by atoms with Crippen LogP contribution in [0.25, 0.3) is 0 Å². The summed E-state index contributed by atoms with van der Waals surface area (Å²) in [6.07, 6.45) is 0. The van der Waals surface area contributed by atoms with Crippen LogP contribution in [0, 0.1) is 0 Å². The van der Waals surface area contributed by atoms with Gasteiger partial charge in [-0.1, -0.05) is 0 Å². The molecule has 0 aromatic carbocycles. The molecule has 0 aliphatic rings. The van der Waals surface area contributed by atoms with Crippen LogP contribution in [-0.2, 0) is 18.9 Å². The van der Waals surface area contributed by atoms with Crippen LogP contribution in [0.5, 0.6) is 0 Å². The number of carbonyl (C=O) groups excluding carboxylic acids is 4. The maximum atomic E-state index is 13.2. The molecule has 0 fully saturated rings. The van der Waals surface area contributed by atoms with Gasteiger partial charge in [0, 0.05) is 0 Å². The van der Waals surface area contributed by atoms with Crippen molar-refractivity contribution in [2.24, 2.45) is 0 Å². The number of carbonyl (C=O) groups is 4. The summed E-state index contributed by atoms with van der Waals surface area (Å²) in [6, 6.07) is 0. The summed E-state index contributed by atoms with van der Waals surface area (Å²) < 4.78 is 21.8. The van der Waals surface area contributed by atoms with Gasteiger partial charge < -0.3 is 18.9 Å². The number of thiophene rings is 1. The minimum Gasteiger partial charge on any atom is -0.456 e. The molecule has 0 bridgehead atoms. The zero-order valence-corrected chi connectivity index (χ0v) is 22.5. The van der Waals surface area contributed by atoms with Gasteiger partial charge >= 0.3 is 23.9 Å². The van der Waals surface area contributed by atoms with Crippen LogP contribution in [0.4, 0.5) is 0 Å². The minimum absolute atomic E-state index is 0.235. The molecular formula is C24H36O8S. The van der Waals surface area contributed by atoms with Gasteiger partial charge in [-0.25, -0.2) is 19.2 Å². The van der Waals surface area contributed by atoms with Crippen LogP contribution in [0.15, 0.2) is 0 Å². The molecule has 0 radical (unpaired) electrons. The van der Waals surface area contributed by atoms with Crippen LogP contribution >= 0.6 is 11.3 Å². The monoisotopic (exact) mass is 484 g/mol. The van der Waals surface area contributed by atoms with E-state index < -0.39 is 46.3 Å². The Hall–Kier alpha value is -2.42. The second-order valence-electron chi connectivity index (χ2n) is 11.5. The molecule has 0 amide bonds. The topological polar surface area (TPSA) is 105 Å². The van der Waals surface area contributed by atoms with Gasteiger partial charge in [0.1, 0.15) is 43.3 Å². The average molecular weight is 485 g/mol. The Labute approximate surface area is 199 Å². The van der Waals surface area contributed by atoms with Crippen molar-refractivity contribution in [2.75, 3.05) is 0 Å². The maximum Gasteiger partial charge on any atom is 0.349 e. The van der Waals surface area contributed by atoms with Crippen molar-refractivity contribution in [1.29, 1.82) is 0 Å². The van der Waals surface area contributed by atoms with Crippen LogP contribution in [0.3, 0.4) is 0 Å². The van der Waals surface area contributed by atoms with Crippen molar-refractivity contribution < 1.29 is 38.1 Å². The summed E-state index contributed by atoms with van der Waals surface area (Å²) in [4.78, 5) is 51.9. The van der Waals surface area contributed by atoms with Gasteiger partial charge in [0.05, 0.1) is 0 Å². The summed E-state index contributed by atoms with van der Waals surface area (Å²) in [5.74, 6) is -3.63. The third-order valence-corrected chi connectivity index (χ3v) is 4.43. The highest BCUT2D eigenvalue weighted by Crippen LogP contribution is 2.35. The van der Waals surface area contributed by atoms with Gasteiger partial charge in [-0.2, -0.15) is 0 Å². The SMILES string of the molecule is CC(C)(C)OC(=O)c1sc(C(=O)OC(C)(C)C)c(C(=O)OC(C)(C)C)c1C(=O)OC(C)(C)C. The summed E-state index contributed by atoms with van der Waals surface area (Å²) in [6.45, 7) is 19.8. The van der Waals surface area contributed by atoms with E-state index in [0.717, 1.165) is 0 Å². The lowest BCUT2D eigenvalue weighted by Gasteiger charge is -2.23. The van der Waals surface area contributed by atoms with E-state index in [1.807, 2.05) is 0 Å². The van der Waals surface area contributed by atoms with E-state index in [1.54, 1.807) is 83.1 Å². The molecule has 8 nitrogen and oxygen atoms in total. The van der Waals surface area contributed by atoms with Gasteiger partial charge in [0.25, 0.3) is 0 Å². The molecule has 0 saturated carbocycles. The predicted molar refractivity (Wildman–Crippen MR) is 125 cm³/mol. The van der Waals surface area contributed by atoms with Crippen LogP contribution in [-0.4, -0.2) is 46.3 Å². The van der Waals surface area contributed by atoms with Crippen molar-refractivity contribution in [2.45, 2.75) is 105 Å². The summed E-state index contributed by atoms with van der Waals surface area (Å²) >= 11 is 0.642. The quantitative estimate of drug-likeness (QED) is 0.403. The standard InChI is InChI=1S/C24H36O8S/c1-21(2,3)29-17(25)13-14(18(26)30-22(4,5)6)16(20(28)32-24(10,11)12)33-15(13)19(27)31-23(7,8)9/h1-12H3. The first-order chi connectivity index (χ1) is 14.5. The first-order valence-corrected chi connectivity index (χ1v) is 11.4. The molecule has 9 heteroatoms. The number of rotatable bonds is 4. The minimum atomic E-state index is -0.949. The number of ether oxygens (including phenoxy) is 4. The Morgan fingerprint density at radius 3 is 0.879 bits per heavy atom. The molecule has 0 unspecified atom stereocenters. The lowest BCUT2D eigenvalue weighted by molar-refractivity contribution is -0.000763. The van der Waals surface area contributed by atoms with Gasteiger partial charge in [0.2, 0.25) is 0 Å². The third kappa shape index (κ3) is 9.15.